The van der Waals surface area contributed by atoms with E-state index in [0.717, 1.165) is 26.5 Å². The average molecular weight is 464 g/mol. The molecule has 0 fully saturated rings. The van der Waals surface area contributed by atoms with Gasteiger partial charge in [0.15, 0.2) is 8.68 Å². The first-order valence-electron chi connectivity index (χ1n) is 9.74. The first-order valence-corrected chi connectivity index (χ1v) is 12.5. The zero-order valence-corrected chi connectivity index (χ0v) is 19.7. The van der Waals surface area contributed by atoms with Crippen LogP contribution in [-0.4, -0.2) is 37.0 Å². The van der Waals surface area contributed by atoms with Gasteiger partial charge in [0, 0.05) is 25.0 Å². The third-order valence-electron chi connectivity index (χ3n) is 4.48. The van der Waals surface area contributed by atoms with Crippen molar-refractivity contribution in [2.75, 3.05) is 16.8 Å². The molecule has 30 heavy (non-hydrogen) atoms. The Labute approximate surface area is 188 Å². The molecule has 3 rings (SSSR count). The summed E-state index contributed by atoms with van der Waals surface area (Å²) in [6.45, 7) is 3.99. The Balaban J connectivity index is 1.56. The van der Waals surface area contributed by atoms with Crippen LogP contribution in [0.25, 0.3) is 5.69 Å². The number of carbonyl (C=O) groups excluding carboxylic acids is 1. The van der Waals surface area contributed by atoms with Crippen molar-refractivity contribution >= 4 is 46.5 Å². The van der Waals surface area contributed by atoms with Crippen LogP contribution < -0.4 is 10.9 Å². The lowest BCUT2D eigenvalue weighted by atomic mass is 10.3. The van der Waals surface area contributed by atoms with Gasteiger partial charge in [0.05, 0.1) is 11.4 Å². The van der Waals surface area contributed by atoms with E-state index in [2.05, 4.69) is 22.4 Å². The van der Waals surface area contributed by atoms with Gasteiger partial charge in [-0.2, -0.15) is 0 Å². The number of thioether (sulfide) groups is 2. The number of anilines is 1. The third-order valence-corrected chi connectivity index (χ3v) is 7.76. The first kappa shape index (κ1) is 22.6. The molecule has 0 saturated carbocycles. The minimum atomic E-state index is -0.236. The van der Waals surface area contributed by atoms with Gasteiger partial charge in [-0.05, 0) is 25.5 Å². The number of hydrogen-bond donors (Lipinski definition) is 1. The maximum absolute atomic E-state index is 12.9. The summed E-state index contributed by atoms with van der Waals surface area (Å²) in [7, 11) is 1.81. The number of carbonyl (C=O) groups is 1. The molecule has 1 N–H and O–H groups in total. The Morgan fingerprint density at radius 1 is 1.13 bits per heavy atom. The standard InChI is InChI=1S/C20H25N5O2S3/c1-4-5-12-28-19-22-23-20(30-19)29-13-11-16(26)21-17-14(2)24(3)25(18(17)27)15-9-7-6-8-10-15/h6-10H,4-5,11-13H2,1-3H3,(H,21,26). The van der Waals surface area contributed by atoms with Gasteiger partial charge in [-0.3, -0.25) is 14.3 Å². The predicted molar refractivity (Wildman–Crippen MR) is 125 cm³/mol. The number of amides is 1. The summed E-state index contributed by atoms with van der Waals surface area (Å²) in [5.74, 6) is 1.45. The van der Waals surface area contributed by atoms with Crippen LogP contribution in [0.2, 0.25) is 0 Å². The molecule has 160 valence electrons. The fourth-order valence-electron chi connectivity index (χ4n) is 2.76. The Hall–Kier alpha value is -2.04. The van der Waals surface area contributed by atoms with Gasteiger partial charge in [-0.25, -0.2) is 4.68 Å². The Kier molecular flexibility index (Phi) is 8.17. The summed E-state index contributed by atoms with van der Waals surface area (Å²) in [5.41, 5.74) is 1.55. The highest BCUT2D eigenvalue weighted by Crippen LogP contribution is 2.29. The normalized spacial score (nSPS) is 11.0. The SMILES string of the molecule is CCCCSc1nnc(SCCC(=O)Nc2c(C)n(C)n(-c3ccccc3)c2=O)s1. The van der Waals surface area contributed by atoms with Gasteiger partial charge in [-0.1, -0.05) is 66.4 Å². The molecule has 1 aromatic carbocycles. The summed E-state index contributed by atoms with van der Waals surface area (Å²) >= 11 is 4.80. The van der Waals surface area contributed by atoms with E-state index < -0.39 is 0 Å². The fraction of sp³-hybridized carbons (Fsp3) is 0.400. The highest BCUT2D eigenvalue weighted by molar-refractivity contribution is 8.03. The van der Waals surface area contributed by atoms with Crippen LogP contribution in [0.4, 0.5) is 5.69 Å². The molecule has 7 nitrogen and oxygen atoms in total. The minimum Gasteiger partial charge on any atom is -0.320 e. The molecule has 0 spiro atoms. The molecule has 0 unspecified atom stereocenters. The Morgan fingerprint density at radius 2 is 1.80 bits per heavy atom. The largest absolute Gasteiger partial charge is 0.320 e. The second kappa shape index (κ2) is 10.8. The van der Waals surface area contributed by atoms with Crippen molar-refractivity contribution < 1.29 is 4.79 Å². The quantitative estimate of drug-likeness (QED) is 0.356. The van der Waals surface area contributed by atoms with Gasteiger partial charge < -0.3 is 5.32 Å². The summed E-state index contributed by atoms with van der Waals surface area (Å²) in [5, 5.41) is 11.1. The summed E-state index contributed by atoms with van der Waals surface area (Å²) in [6.07, 6.45) is 2.62. The lowest BCUT2D eigenvalue weighted by Gasteiger charge is -2.07. The molecule has 3 aromatic rings. The molecule has 1 amide bonds. The van der Waals surface area contributed by atoms with E-state index in [1.165, 1.54) is 18.2 Å². The van der Waals surface area contributed by atoms with Crippen molar-refractivity contribution in [3.63, 3.8) is 0 Å². The van der Waals surface area contributed by atoms with E-state index in [1.807, 2.05) is 37.3 Å². The molecule has 0 bridgehead atoms. The molecule has 0 atom stereocenters. The lowest BCUT2D eigenvalue weighted by molar-refractivity contribution is -0.115. The average Bonchev–Trinajstić information content (AvgIpc) is 3.27. The van der Waals surface area contributed by atoms with Crippen molar-refractivity contribution in [3.05, 3.63) is 46.4 Å². The number of hydrogen-bond acceptors (Lipinski definition) is 7. The minimum absolute atomic E-state index is 0.185. The van der Waals surface area contributed by atoms with Crippen LogP contribution in [0.15, 0.2) is 43.8 Å². The first-order chi connectivity index (χ1) is 14.5. The van der Waals surface area contributed by atoms with Crippen molar-refractivity contribution in [3.8, 4) is 5.69 Å². The topological polar surface area (TPSA) is 81.8 Å². The smallest absolute Gasteiger partial charge is 0.295 e. The number of nitrogens with zero attached hydrogens (tertiary/aromatic N) is 4. The van der Waals surface area contributed by atoms with E-state index in [0.29, 0.717) is 23.6 Å². The number of nitrogens with one attached hydrogen (secondary N) is 1. The maximum Gasteiger partial charge on any atom is 0.295 e. The molecule has 0 radical (unpaired) electrons. The van der Waals surface area contributed by atoms with Crippen molar-refractivity contribution in [1.29, 1.82) is 0 Å². The molecular formula is C20H25N5O2S3. The molecule has 10 heteroatoms. The molecule has 0 aliphatic carbocycles. The molecule has 2 heterocycles. The van der Waals surface area contributed by atoms with Gasteiger partial charge in [-0.15, -0.1) is 10.2 Å². The Bertz CT molecular complexity index is 1040. The second-order valence-electron chi connectivity index (χ2n) is 6.62. The van der Waals surface area contributed by atoms with Gasteiger partial charge in [0.2, 0.25) is 5.91 Å². The van der Waals surface area contributed by atoms with E-state index in [4.69, 9.17) is 0 Å². The second-order valence-corrected chi connectivity index (χ2v) is 10.3. The zero-order valence-electron chi connectivity index (χ0n) is 17.3. The van der Waals surface area contributed by atoms with Crippen molar-refractivity contribution in [2.24, 2.45) is 7.05 Å². The monoisotopic (exact) mass is 463 g/mol. The van der Waals surface area contributed by atoms with Crippen molar-refractivity contribution in [2.45, 2.75) is 41.8 Å². The zero-order chi connectivity index (χ0) is 21.5. The molecule has 0 saturated heterocycles. The fourth-order valence-corrected chi connectivity index (χ4v) is 5.95. The molecule has 2 aromatic heterocycles. The lowest BCUT2D eigenvalue weighted by Crippen LogP contribution is -2.23. The molecular weight excluding hydrogens is 438 g/mol. The van der Waals surface area contributed by atoms with Crippen LogP contribution in [0.3, 0.4) is 0 Å². The van der Waals surface area contributed by atoms with Crippen LogP contribution in [0, 0.1) is 6.92 Å². The van der Waals surface area contributed by atoms with Crippen LogP contribution in [0.5, 0.6) is 0 Å². The molecule has 0 aliphatic rings. The number of aromatic nitrogens is 4. The van der Waals surface area contributed by atoms with Crippen molar-refractivity contribution in [1.82, 2.24) is 19.6 Å². The van der Waals surface area contributed by atoms with Crippen LogP contribution in [0.1, 0.15) is 31.9 Å². The Morgan fingerprint density at radius 3 is 2.47 bits per heavy atom. The van der Waals surface area contributed by atoms with Crippen LogP contribution in [-0.2, 0) is 11.8 Å². The number of para-hydroxylation sites is 1. The van der Waals surface area contributed by atoms with Gasteiger partial charge in [0.25, 0.3) is 5.56 Å². The van der Waals surface area contributed by atoms with E-state index in [-0.39, 0.29) is 11.5 Å². The number of benzene rings is 1. The third kappa shape index (κ3) is 5.55. The summed E-state index contributed by atoms with van der Waals surface area (Å²) < 4.78 is 5.14. The predicted octanol–water partition coefficient (Wildman–Crippen LogP) is 4.35. The number of rotatable bonds is 10. The van der Waals surface area contributed by atoms with Gasteiger partial charge in [0.1, 0.15) is 5.69 Å². The summed E-state index contributed by atoms with van der Waals surface area (Å²) in [4.78, 5) is 25.3. The summed E-state index contributed by atoms with van der Waals surface area (Å²) in [6, 6.07) is 9.37. The maximum atomic E-state index is 12.9. The van der Waals surface area contributed by atoms with E-state index >= 15 is 0 Å². The highest BCUT2D eigenvalue weighted by atomic mass is 32.2. The number of unbranched alkanes of at least 4 members (excludes halogenated alkanes) is 1. The highest BCUT2D eigenvalue weighted by Gasteiger charge is 2.18. The van der Waals surface area contributed by atoms with E-state index in [9.17, 15) is 9.59 Å². The molecule has 0 aliphatic heterocycles. The van der Waals surface area contributed by atoms with E-state index in [1.54, 1.807) is 39.5 Å². The van der Waals surface area contributed by atoms with Crippen LogP contribution >= 0.6 is 34.9 Å². The van der Waals surface area contributed by atoms with Gasteiger partial charge >= 0.3 is 0 Å².